The Morgan fingerprint density at radius 1 is 1.06 bits per heavy atom. The quantitative estimate of drug-likeness (QED) is 0.684. The van der Waals surface area contributed by atoms with E-state index in [0.717, 1.165) is 11.3 Å². The zero-order chi connectivity index (χ0) is 24.4. The Bertz CT molecular complexity index is 1210. The molecule has 8 heteroatoms. The maximum Gasteiger partial charge on any atom is 0.252 e. The van der Waals surface area contributed by atoms with E-state index >= 15 is 0 Å². The SMILES string of the molecule is CC(=O)Nc1ccc(N2C(=O)[C@@H]3[C@H](CC(C)C)N[C@@]4(C(=O)N(C)c5ccccc54)[C@H]3C2=O)cc1. The van der Waals surface area contributed by atoms with Crippen LogP contribution in [-0.2, 0) is 24.7 Å². The van der Waals surface area contributed by atoms with Crippen LogP contribution in [0.15, 0.2) is 48.5 Å². The summed E-state index contributed by atoms with van der Waals surface area (Å²) in [5.41, 5.74) is 1.24. The van der Waals surface area contributed by atoms with Crippen molar-refractivity contribution in [2.24, 2.45) is 17.8 Å². The third kappa shape index (κ3) is 3.01. The van der Waals surface area contributed by atoms with Crippen molar-refractivity contribution in [3.8, 4) is 0 Å². The number of carbonyl (C=O) groups excluding carboxylic acids is 4. The first-order valence-corrected chi connectivity index (χ1v) is 11.6. The Kier molecular flexibility index (Phi) is 5.09. The molecular formula is C26H28N4O4. The van der Waals surface area contributed by atoms with Gasteiger partial charge in [0.25, 0.3) is 5.91 Å². The Morgan fingerprint density at radius 3 is 2.38 bits per heavy atom. The van der Waals surface area contributed by atoms with Gasteiger partial charge in [-0.1, -0.05) is 32.0 Å². The number of rotatable bonds is 4. The number of likely N-dealkylation sites (N-methyl/N-ethyl adjacent to an activating group) is 1. The molecule has 5 rings (SSSR count). The number of amides is 4. The van der Waals surface area contributed by atoms with E-state index in [4.69, 9.17) is 0 Å². The number of hydrogen-bond donors (Lipinski definition) is 2. The molecule has 2 aromatic rings. The molecule has 2 aromatic carbocycles. The summed E-state index contributed by atoms with van der Waals surface area (Å²) in [5.74, 6) is -2.30. The molecule has 0 radical (unpaired) electrons. The average Bonchev–Trinajstić information content (AvgIpc) is 3.33. The molecule has 0 saturated carbocycles. The molecule has 1 spiro atoms. The smallest absolute Gasteiger partial charge is 0.252 e. The van der Waals surface area contributed by atoms with Crippen molar-refractivity contribution in [2.45, 2.75) is 38.8 Å². The molecule has 0 unspecified atom stereocenters. The number of hydrogen-bond acceptors (Lipinski definition) is 5. The van der Waals surface area contributed by atoms with Crippen LogP contribution in [0.5, 0.6) is 0 Å². The molecule has 3 heterocycles. The highest BCUT2D eigenvalue weighted by Crippen LogP contribution is 2.55. The Labute approximate surface area is 198 Å². The molecular weight excluding hydrogens is 432 g/mol. The van der Waals surface area contributed by atoms with Gasteiger partial charge in [0.05, 0.1) is 17.5 Å². The van der Waals surface area contributed by atoms with Crippen LogP contribution in [0.2, 0.25) is 0 Å². The molecule has 34 heavy (non-hydrogen) atoms. The van der Waals surface area contributed by atoms with Crippen molar-refractivity contribution < 1.29 is 19.2 Å². The first-order chi connectivity index (χ1) is 16.2. The summed E-state index contributed by atoms with van der Waals surface area (Å²) in [4.78, 5) is 55.6. The summed E-state index contributed by atoms with van der Waals surface area (Å²) < 4.78 is 0. The van der Waals surface area contributed by atoms with Crippen molar-refractivity contribution in [1.82, 2.24) is 5.32 Å². The van der Waals surface area contributed by atoms with Crippen molar-refractivity contribution >= 4 is 40.7 Å². The predicted octanol–water partition coefficient (Wildman–Crippen LogP) is 2.64. The second-order valence-electron chi connectivity index (χ2n) is 9.81. The van der Waals surface area contributed by atoms with E-state index in [1.165, 1.54) is 11.8 Å². The van der Waals surface area contributed by atoms with E-state index in [1.54, 1.807) is 36.2 Å². The fourth-order valence-corrected chi connectivity index (χ4v) is 5.92. The second-order valence-corrected chi connectivity index (χ2v) is 9.81. The van der Waals surface area contributed by atoms with E-state index in [-0.39, 0.29) is 35.6 Å². The molecule has 4 amide bonds. The second kappa shape index (κ2) is 7.77. The van der Waals surface area contributed by atoms with Crippen molar-refractivity contribution in [1.29, 1.82) is 0 Å². The lowest BCUT2D eigenvalue weighted by Gasteiger charge is -2.30. The molecule has 2 saturated heterocycles. The summed E-state index contributed by atoms with van der Waals surface area (Å²) >= 11 is 0. The van der Waals surface area contributed by atoms with Gasteiger partial charge < -0.3 is 10.2 Å². The average molecular weight is 461 g/mol. The van der Waals surface area contributed by atoms with Crippen LogP contribution in [0.25, 0.3) is 0 Å². The van der Waals surface area contributed by atoms with Crippen LogP contribution in [0, 0.1) is 17.8 Å². The maximum atomic E-state index is 13.9. The van der Waals surface area contributed by atoms with Gasteiger partial charge in [0.15, 0.2) is 0 Å². The molecule has 3 aliphatic heterocycles. The number of fused-ring (bicyclic) bond motifs is 4. The van der Waals surface area contributed by atoms with E-state index in [0.29, 0.717) is 17.8 Å². The minimum absolute atomic E-state index is 0.206. The van der Waals surface area contributed by atoms with Crippen molar-refractivity contribution in [2.75, 3.05) is 22.2 Å². The number of nitrogens with zero attached hydrogens (tertiary/aromatic N) is 2. The highest BCUT2D eigenvalue weighted by Gasteiger charge is 2.71. The van der Waals surface area contributed by atoms with Crippen molar-refractivity contribution in [3.63, 3.8) is 0 Å². The van der Waals surface area contributed by atoms with Crippen LogP contribution >= 0.6 is 0 Å². The van der Waals surface area contributed by atoms with Crippen LogP contribution in [0.1, 0.15) is 32.8 Å². The zero-order valence-corrected chi connectivity index (χ0v) is 19.7. The minimum atomic E-state index is -1.27. The van der Waals surface area contributed by atoms with E-state index in [2.05, 4.69) is 24.5 Å². The number of para-hydroxylation sites is 1. The molecule has 8 nitrogen and oxygen atoms in total. The summed E-state index contributed by atoms with van der Waals surface area (Å²) in [6, 6.07) is 13.8. The summed E-state index contributed by atoms with van der Waals surface area (Å²) in [5, 5.41) is 6.18. The Balaban J connectivity index is 1.61. The molecule has 3 aliphatic rings. The van der Waals surface area contributed by atoms with Gasteiger partial charge in [-0.15, -0.1) is 0 Å². The lowest BCUT2D eigenvalue weighted by atomic mass is 9.76. The van der Waals surface area contributed by atoms with E-state index < -0.39 is 17.4 Å². The summed E-state index contributed by atoms with van der Waals surface area (Å²) in [7, 11) is 1.71. The predicted molar refractivity (Wildman–Crippen MR) is 128 cm³/mol. The molecule has 2 N–H and O–H groups in total. The van der Waals surface area contributed by atoms with Gasteiger partial charge in [-0.2, -0.15) is 0 Å². The Morgan fingerprint density at radius 2 is 1.74 bits per heavy atom. The topological polar surface area (TPSA) is 98.8 Å². The van der Waals surface area contributed by atoms with Gasteiger partial charge in [-0.25, -0.2) is 4.90 Å². The standard InChI is InChI=1S/C26H28N4O4/c1-14(2)13-19-21-22(26(28-19)18-7-5-6-8-20(18)29(4)25(26)34)24(33)30(23(21)32)17-11-9-16(10-12-17)27-15(3)31/h5-12,14,19,21-22,28H,13H2,1-4H3,(H,27,31)/t19-,21+,22+,26+/m0/s1. The number of benzene rings is 2. The highest BCUT2D eigenvalue weighted by molar-refractivity contribution is 6.26. The third-order valence-corrected chi connectivity index (χ3v) is 7.17. The zero-order valence-electron chi connectivity index (χ0n) is 19.7. The Hall–Kier alpha value is -3.52. The van der Waals surface area contributed by atoms with Gasteiger partial charge in [0, 0.05) is 37.0 Å². The number of nitrogens with one attached hydrogen (secondary N) is 2. The van der Waals surface area contributed by atoms with Gasteiger partial charge in [-0.3, -0.25) is 24.5 Å². The van der Waals surface area contributed by atoms with Gasteiger partial charge >= 0.3 is 0 Å². The van der Waals surface area contributed by atoms with E-state index in [1.807, 2.05) is 24.3 Å². The monoisotopic (exact) mass is 460 g/mol. The fourth-order valence-electron chi connectivity index (χ4n) is 5.92. The van der Waals surface area contributed by atoms with E-state index in [9.17, 15) is 19.2 Å². The van der Waals surface area contributed by atoms with Gasteiger partial charge in [0.1, 0.15) is 5.54 Å². The van der Waals surface area contributed by atoms with Crippen LogP contribution in [0.3, 0.4) is 0 Å². The molecule has 2 fully saturated rings. The molecule has 176 valence electrons. The van der Waals surface area contributed by atoms with Crippen LogP contribution < -0.4 is 20.4 Å². The van der Waals surface area contributed by atoms with Gasteiger partial charge in [0.2, 0.25) is 17.7 Å². The maximum absolute atomic E-state index is 13.9. The van der Waals surface area contributed by atoms with Crippen LogP contribution in [-0.4, -0.2) is 36.7 Å². The third-order valence-electron chi connectivity index (χ3n) is 7.17. The number of imide groups is 1. The number of anilines is 3. The first kappa shape index (κ1) is 22.3. The molecule has 0 bridgehead atoms. The summed E-state index contributed by atoms with van der Waals surface area (Å²) in [6.45, 7) is 5.55. The lowest BCUT2D eigenvalue weighted by Crippen LogP contribution is -2.54. The first-order valence-electron chi connectivity index (χ1n) is 11.6. The highest BCUT2D eigenvalue weighted by atomic mass is 16.2. The molecule has 0 aliphatic carbocycles. The van der Waals surface area contributed by atoms with Crippen LogP contribution in [0.4, 0.5) is 17.1 Å². The lowest BCUT2D eigenvalue weighted by molar-refractivity contribution is -0.131. The largest absolute Gasteiger partial charge is 0.326 e. The normalized spacial score (nSPS) is 27.7. The molecule has 4 atom stereocenters. The van der Waals surface area contributed by atoms with Gasteiger partial charge in [-0.05, 0) is 42.7 Å². The molecule has 0 aromatic heterocycles. The summed E-state index contributed by atoms with van der Waals surface area (Å²) in [6.07, 6.45) is 0.663. The minimum Gasteiger partial charge on any atom is -0.326 e. The number of carbonyl (C=O) groups is 4. The van der Waals surface area contributed by atoms with Crippen molar-refractivity contribution in [3.05, 3.63) is 54.1 Å². The fraction of sp³-hybridized carbons (Fsp3) is 0.385.